The first-order valence-corrected chi connectivity index (χ1v) is 10.6. The minimum absolute atomic E-state index is 0.0346. The predicted molar refractivity (Wildman–Crippen MR) is 117 cm³/mol. The van der Waals surface area contributed by atoms with Gasteiger partial charge in [0.25, 0.3) is 5.91 Å². The molecule has 39 heavy (non-hydrogen) atoms. The van der Waals surface area contributed by atoms with Crippen molar-refractivity contribution in [1.82, 2.24) is 10.5 Å². The fourth-order valence-electron chi connectivity index (χ4n) is 3.55. The first-order chi connectivity index (χ1) is 18.0. The van der Waals surface area contributed by atoms with Crippen molar-refractivity contribution < 1.29 is 53.2 Å². The van der Waals surface area contributed by atoms with Crippen LogP contribution in [0.25, 0.3) is 22.8 Å². The van der Waals surface area contributed by atoms with Crippen molar-refractivity contribution in [2.45, 2.75) is 25.1 Å². The molecule has 2 aromatic heterocycles. The maximum absolute atomic E-state index is 13.1. The van der Waals surface area contributed by atoms with Crippen LogP contribution in [0.5, 0.6) is 0 Å². The lowest BCUT2D eigenvalue weighted by molar-refractivity contribution is -0.143. The molecule has 2 heterocycles. The number of carbonyl (C=O) groups is 1. The van der Waals surface area contributed by atoms with Gasteiger partial charge in [-0.1, -0.05) is 17.3 Å². The Labute approximate surface area is 212 Å². The zero-order chi connectivity index (χ0) is 28.8. The van der Waals surface area contributed by atoms with Crippen LogP contribution in [0, 0.1) is 0 Å². The van der Waals surface area contributed by atoms with Crippen LogP contribution in [0.1, 0.15) is 32.6 Å². The van der Waals surface area contributed by atoms with E-state index >= 15 is 0 Å². The Morgan fingerprint density at radius 2 is 1.38 bits per heavy atom. The number of nitrogen functional groups attached to an aromatic ring is 1. The highest BCUT2D eigenvalue weighted by atomic mass is 19.4. The lowest BCUT2D eigenvalue weighted by Crippen LogP contribution is -2.24. The van der Waals surface area contributed by atoms with Crippen LogP contribution in [-0.2, 0) is 25.1 Å². The van der Waals surface area contributed by atoms with E-state index in [0.717, 1.165) is 18.2 Å². The molecule has 0 unspecified atom stereocenters. The number of aromatic nitrogens is 1. The van der Waals surface area contributed by atoms with E-state index in [2.05, 4.69) is 10.5 Å². The molecule has 0 radical (unpaired) electrons. The van der Waals surface area contributed by atoms with Crippen LogP contribution in [0.15, 0.2) is 63.5 Å². The van der Waals surface area contributed by atoms with E-state index in [1.165, 1.54) is 18.2 Å². The van der Waals surface area contributed by atoms with Gasteiger partial charge in [0.05, 0.1) is 16.7 Å². The number of rotatable bonds is 5. The van der Waals surface area contributed by atoms with Gasteiger partial charge in [-0.15, -0.1) is 0 Å². The number of nitrogens with zero attached hydrogens (tertiary/aromatic N) is 1. The summed E-state index contributed by atoms with van der Waals surface area (Å²) < 4.78 is 128. The molecular formula is C24H14F9N3O3. The Morgan fingerprint density at radius 1 is 0.795 bits per heavy atom. The normalized spacial score (nSPS) is 12.5. The molecule has 206 valence electrons. The van der Waals surface area contributed by atoms with Crippen LogP contribution in [-0.4, -0.2) is 11.1 Å². The summed E-state index contributed by atoms with van der Waals surface area (Å²) in [6.45, 7) is -0.760. The molecule has 0 saturated carbocycles. The second-order valence-electron chi connectivity index (χ2n) is 8.11. The van der Waals surface area contributed by atoms with E-state index in [1.807, 2.05) is 0 Å². The van der Waals surface area contributed by atoms with Gasteiger partial charge < -0.3 is 20.0 Å². The molecule has 3 N–H and O–H groups in total. The first kappa shape index (κ1) is 27.6. The average Bonchev–Trinajstić information content (AvgIpc) is 3.48. The van der Waals surface area contributed by atoms with E-state index in [4.69, 9.17) is 14.7 Å². The smallest absolute Gasteiger partial charge is 0.416 e. The van der Waals surface area contributed by atoms with Crippen molar-refractivity contribution in [3.8, 4) is 22.8 Å². The SMILES string of the molecule is Nc1onc(-c2ccc(-c3cccc(C(F)(F)F)c3)o2)c1C(=O)NCc1cc(C(F)(F)F)cc(C(F)(F)F)c1. The zero-order valence-electron chi connectivity index (χ0n) is 19.1. The molecule has 15 heteroatoms. The van der Waals surface area contributed by atoms with Gasteiger partial charge in [-0.05, 0) is 48.0 Å². The van der Waals surface area contributed by atoms with Crippen molar-refractivity contribution >= 4 is 11.8 Å². The van der Waals surface area contributed by atoms with Gasteiger partial charge in [-0.2, -0.15) is 39.5 Å². The van der Waals surface area contributed by atoms with Crippen LogP contribution in [0.2, 0.25) is 0 Å². The molecule has 0 fully saturated rings. The summed E-state index contributed by atoms with van der Waals surface area (Å²) >= 11 is 0. The second kappa shape index (κ2) is 9.71. The highest BCUT2D eigenvalue weighted by Crippen LogP contribution is 2.37. The molecule has 0 saturated heterocycles. The maximum atomic E-state index is 13.1. The third kappa shape index (κ3) is 6.02. The largest absolute Gasteiger partial charge is 0.454 e. The molecular weight excluding hydrogens is 549 g/mol. The average molecular weight is 563 g/mol. The Hall–Kier alpha value is -4.43. The van der Waals surface area contributed by atoms with Crippen molar-refractivity contribution in [3.05, 3.63) is 82.4 Å². The molecule has 0 aliphatic carbocycles. The highest BCUT2D eigenvalue weighted by molar-refractivity contribution is 6.03. The molecule has 4 aromatic rings. The Kier molecular flexibility index (Phi) is 6.87. The lowest BCUT2D eigenvalue weighted by atomic mass is 10.0. The molecule has 4 rings (SSSR count). The maximum Gasteiger partial charge on any atom is 0.416 e. The molecule has 0 aliphatic heterocycles. The van der Waals surface area contributed by atoms with Crippen molar-refractivity contribution in [3.63, 3.8) is 0 Å². The Bertz CT molecular complexity index is 1480. The number of benzene rings is 2. The summed E-state index contributed by atoms with van der Waals surface area (Å²) in [6, 6.07) is 7.57. The van der Waals surface area contributed by atoms with Crippen LogP contribution in [0.4, 0.5) is 45.4 Å². The van der Waals surface area contributed by atoms with Gasteiger partial charge in [0.15, 0.2) is 11.5 Å². The number of alkyl halides is 9. The number of nitrogens with two attached hydrogens (primary N) is 1. The standard InChI is InChI=1S/C24H14F9N3O3/c25-22(26,27)13-3-1-2-12(8-13)16-4-5-17(38-16)19-18(20(34)39-36-19)21(37)35-10-11-6-14(23(28,29)30)9-15(7-11)24(31,32)33/h1-9H,10,34H2,(H,35,37). The summed E-state index contributed by atoms with van der Waals surface area (Å²) in [7, 11) is 0. The summed E-state index contributed by atoms with van der Waals surface area (Å²) in [6.07, 6.45) is -14.8. The Morgan fingerprint density at radius 3 is 1.97 bits per heavy atom. The minimum Gasteiger partial charge on any atom is -0.454 e. The number of furan rings is 1. The van der Waals surface area contributed by atoms with E-state index in [0.29, 0.717) is 12.1 Å². The fourth-order valence-corrected chi connectivity index (χ4v) is 3.55. The number of hydrogen-bond acceptors (Lipinski definition) is 5. The molecule has 2 aromatic carbocycles. The van der Waals surface area contributed by atoms with Gasteiger partial charge >= 0.3 is 18.5 Å². The third-order valence-electron chi connectivity index (χ3n) is 5.36. The minimum atomic E-state index is -5.08. The lowest BCUT2D eigenvalue weighted by Gasteiger charge is -2.14. The van der Waals surface area contributed by atoms with Gasteiger partial charge in [-0.3, -0.25) is 4.79 Å². The topological polar surface area (TPSA) is 94.3 Å². The summed E-state index contributed by atoms with van der Waals surface area (Å²) in [5.74, 6) is -1.83. The summed E-state index contributed by atoms with van der Waals surface area (Å²) in [5.41, 5.74) is 0.353. The van der Waals surface area contributed by atoms with E-state index in [9.17, 15) is 44.3 Å². The van der Waals surface area contributed by atoms with Crippen molar-refractivity contribution in [2.24, 2.45) is 0 Å². The molecule has 0 aliphatic rings. The number of anilines is 1. The van der Waals surface area contributed by atoms with Crippen molar-refractivity contribution in [2.75, 3.05) is 5.73 Å². The molecule has 0 atom stereocenters. The highest BCUT2D eigenvalue weighted by Gasteiger charge is 2.37. The quantitative estimate of drug-likeness (QED) is 0.251. The number of hydrogen-bond donors (Lipinski definition) is 2. The van der Waals surface area contributed by atoms with Gasteiger partial charge in [-0.25, -0.2) is 0 Å². The van der Waals surface area contributed by atoms with E-state index < -0.39 is 64.7 Å². The molecule has 0 bridgehead atoms. The van der Waals surface area contributed by atoms with Gasteiger partial charge in [0.1, 0.15) is 11.3 Å². The molecule has 6 nitrogen and oxygen atoms in total. The fraction of sp³-hybridized carbons (Fsp3) is 0.167. The van der Waals surface area contributed by atoms with Gasteiger partial charge in [0, 0.05) is 12.1 Å². The van der Waals surface area contributed by atoms with Crippen molar-refractivity contribution in [1.29, 1.82) is 0 Å². The third-order valence-corrected chi connectivity index (χ3v) is 5.36. The number of nitrogens with one attached hydrogen (secondary N) is 1. The Balaban J connectivity index is 1.60. The molecule has 1 amide bonds. The molecule has 0 spiro atoms. The monoisotopic (exact) mass is 563 g/mol. The van der Waals surface area contributed by atoms with E-state index in [-0.39, 0.29) is 28.8 Å². The van der Waals surface area contributed by atoms with Crippen LogP contribution in [0.3, 0.4) is 0 Å². The number of amides is 1. The predicted octanol–water partition coefficient (Wildman–Crippen LogP) is 7.17. The zero-order valence-corrected chi connectivity index (χ0v) is 19.1. The number of carbonyl (C=O) groups excluding carboxylic acids is 1. The van der Waals surface area contributed by atoms with Gasteiger partial charge in [0.2, 0.25) is 5.88 Å². The van der Waals surface area contributed by atoms with Crippen LogP contribution < -0.4 is 11.1 Å². The summed E-state index contributed by atoms with van der Waals surface area (Å²) in [4.78, 5) is 12.8. The van der Waals surface area contributed by atoms with E-state index in [1.54, 1.807) is 0 Å². The summed E-state index contributed by atoms with van der Waals surface area (Å²) in [5, 5.41) is 5.74. The second-order valence-corrected chi connectivity index (χ2v) is 8.11. The van der Waals surface area contributed by atoms with Crippen LogP contribution >= 0.6 is 0 Å². The first-order valence-electron chi connectivity index (χ1n) is 10.6. The number of halogens is 9.